The molecule has 0 aromatic carbocycles. The van der Waals surface area contributed by atoms with Crippen molar-refractivity contribution < 1.29 is 9.59 Å². The van der Waals surface area contributed by atoms with Crippen LogP contribution in [0.4, 0.5) is 0 Å². The molecule has 4 nitrogen and oxygen atoms in total. The van der Waals surface area contributed by atoms with Gasteiger partial charge in [0.25, 0.3) is 0 Å². The molecule has 4 heteroatoms. The van der Waals surface area contributed by atoms with Crippen LogP contribution in [-0.2, 0) is 9.59 Å². The number of nitrogens with zero attached hydrogens (tertiary/aromatic N) is 2. The van der Waals surface area contributed by atoms with Crippen LogP contribution in [0.25, 0.3) is 0 Å². The summed E-state index contributed by atoms with van der Waals surface area (Å²) >= 11 is 0. The summed E-state index contributed by atoms with van der Waals surface area (Å²) in [7, 11) is 0. The second kappa shape index (κ2) is 7.98. The first-order valence-corrected chi connectivity index (χ1v) is 9.44. The minimum absolute atomic E-state index is 0.264. The first-order chi connectivity index (χ1) is 11.2. The van der Waals surface area contributed by atoms with E-state index in [0.29, 0.717) is 37.8 Å². The van der Waals surface area contributed by atoms with Gasteiger partial charge in [-0.2, -0.15) is 0 Å². The SMILES string of the molecule is O=C(CCC1CCCC1)N1CCN(C(=O)CC2C=CCC2)CC1. The molecule has 2 amide bonds. The Kier molecular flexibility index (Phi) is 5.74. The second-order valence-corrected chi connectivity index (χ2v) is 7.42. The first kappa shape index (κ1) is 16.5. The maximum absolute atomic E-state index is 12.3. The molecule has 1 atom stereocenters. The van der Waals surface area contributed by atoms with Gasteiger partial charge in [0.05, 0.1) is 0 Å². The lowest BCUT2D eigenvalue weighted by Gasteiger charge is -2.35. The van der Waals surface area contributed by atoms with E-state index in [1.54, 1.807) is 0 Å². The Balaban J connectivity index is 1.36. The first-order valence-electron chi connectivity index (χ1n) is 9.44. The molecule has 23 heavy (non-hydrogen) atoms. The van der Waals surface area contributed by atoms with E-state index in [1.807, 2.05) is 9.80 Å². The van der Waals surface area contributed by atoms with Crippen LogP contribution in [0.15, 0.2) is 12.2 Å². The molecule has 2 fully saturated rings. The predicted octanol–water partition coefficient (Wildman–Crippen LogP) is 2.98. The molecule has 1 heterocycles. The summed E-state index contributed by atoms with van der Waals surface area (Å²) < 4.78 is 0. The zero-order chi connectivity index (χ0) is 16.1. The smallest absolute Gasteiger partial charge is 0.223 e. The standard InChI is InChI=1S/C19H30N2O2/c22-18(10-9-16-5-1-2-6-16)20-11-13-21(14-12-20)19(23)15-17-7-3-4-8-17/h3,7,16-17H,1-2,4-6,8-15H2. The van der Waals surface area contributed by atoms with Gasteiger partial charge in [0.1, 0.15) is 0 Å². The summed E-state index contributed by atoms with van der Waals surface area (Å²) in [6.07, 6.45) is 14.3. The Hall–Kier alpha value is -1.32. The van der Waals surface area contributed by atoms with E-state index in [2.05, 4.69) is 12.2 Å². The minimum Gasteiger partial charge on any atom is -0.339 e. The molecule has 0 radical (unpaired) electrons. The lowest BCUT2D eigenvalue weighted by Crippen LogP contribution is -2.50. The molecule has 1 saturated carbocycles. The van der Waals surface area contributed by atoms with E-state index in [1.165, 1.54) is 25.7 Å². The van der Waals surface area contributed by atoms with Crippen LogP contribution in [0.2, 0.25) is 0 Å². The van der Waals surface area contributed by atoms with Crippen molar-refractivity contribution in [2.24, 2.45) is 11.8 Å². The fraction of sp³-hybridized carbons (Fsp3) is 0.789. The third-order valence-electron chi connectivity index (χ3n) is 5.78. The van der Waals surface area contributed by atoms with Crippen LogP contribution < -0.4 is 0 Å². The van der Waals surface area contributed by atoms with Crippen molar-refractivity contribution in [3.63, 3.8) is 0 Å². The number of rotatable bonds is 5. The van der Waals surface area contributed by atoms with Gasteiger partial charge in [-0.05, 0) is 31.1 Å². The maximum Gasteiger partial charge on any atom is 0.223 e. The normalized spacial score (nSPS) is 25.3. The van der Waals surface area contributed by atoms with Crippen LogP contribution in [0.5, 0.6) is 0 Å². The average Bonchev–Trinajstić information content (AvgIpc) is 3.26. The van der Waals surface area contributed by atoms with E-state index in [9.17, 15) is 9.59 Å². The van der Waals surface area contributed by atoms with E-state index in [0.717, 1.165) is 38.3 Å². The molecular formula is C19H30N2O2. The minimum atomic E-state index is 0.264. The lowest BCUT2D eigenvalue weighted by molar-refractivity contribution is -0.140. The molecule has 1 saturated heterocycles. The predicted molar refractivity (Wildman–Crippen MR) is 90.8 cm³/mol. The molecule has 3 aliphatic rings. The Morgan fingerprint density at radius 1 is 0.913 bits per heavy atom. The van der Waals surface area contributed by atoms with Gasteiger partial charge in [0.15, 0.2) is 0 Å². The van der Waals surface area contributed by atoms with E-state index >= 15 is 0 Å². The van der Waals surface area contributed by atoms with Crippen LogP contribution in [0, 0.1) is 11.8 Å². The fourth-order valence-corrected chi connectivity index (χ4v) is 4.21. The number of hydrogen-bond acceptors (Lipinski definition) is 2. The van der Waals surface area contributed by atoms with Crippen LogP contribution >= 0.6 is 0 Å². The number of carbonyl (C=O) groups is 2. The van der Waals surface area contributed by atoms with E-state index in [4.69, 9.17) is 0 Å². The molecule has 128 valence electrons. The highest BCUT2D eigenvalue weighted by atomic mass is 16.2. The number of piperazine rings is 1. The Labute approximate surface area is 139 Å². The van der Waals surface area contributed by atoms with Crippen molar-refractivity contribution in [2.75, 3.05) is 26.2 Å². The van der Waals surface area contributed by atoms with Crippen LogP contribution in [-0.4, -0.2) is 47.8 Å². The monoisotopic (exact) mass is 318 g/mol. The molecule has 0 aromatic rings. The molecule has 0 aromatic heterocycles. The van der Waals surface area contributed by atoms with Crippen molar-refractivity contribution in [3.05, 3.63) is 12.2 Å². The molecular weight excluding hydrogens is 288 g/mol. The van der Waals surface area contributed by atoms with Gasteiger partial charge in [-0.1, -0.05) is 37.8 Å². The average molecular weight is 318 g/mol. The molecule has 3 rings (SSSR count). The number of carbonyl (C=O) groups excluding carboxylic acids is 2. The molecule has 0 N–H and O–H groups in total. The maximum atomic E-state index is 12.3. The third kappa shape index (κ3) is 4.58. The molecule has 0 spiro atoms. The molecule has 0 bridgehead atoms. The van der Waals surface area contributed by atoms with Gasteiger partial charge >= 0.3 is 0 Å². The molecule has 2 aliphatic carbocycles. The molecule has 1 aliphatic heterocycles. The summed E-state index contributed by atoms with van der Waals surface area (Å²) in [6.45, 7) is 2.86. The van der Waals surface area contributed by atoms with Crippen molar-refractivity contribution in [1.82, 2.24) is 9.80 Å². The van der Waals surface area contributed by atoms with Crippen molar-refractivity contribution >= 4 is 11.8 Å². The zero-order valence-electron chi connectivity index (χ0n) is 14.2. The summed E-state index contributed by atoms with van der Waals surface area (Å²) in [6, 6.07) is 0. The van der Waals surface area contributed by atoms with Crippen LogP contribution in [0.1, 0.15) is 57.8 Å². The van der Waals surface area contributed by atoms with Crippen molar-refractivity contribution in [1.29, 1.82) is 0 Å². The van der Waals surface area contributed by atoms with Gasteiger partial charge in [-0.15, -0.1) is 0 Å². The summed E-state index contributed by atoms with van der Waals surface area (Å²) in [5.74, 6) is 1.78. The summed E-state index contributed by atoms with van der Waals surface area (Å²) in [5, 5.41) is 0. The fourth-order valence-electron chi connectivity index (χ4n) is 4.21. The summed E-state index contributed by atoms with van der Waals surface area (Å²) in [5.41, 5.74) is 0. The zero-order valence-corrected chi connectivity index (χ0v) is 14.2. The van der Waals surface area contributed by atoms with Gasteiger partial charge in [0.2, 0.25) is 11.8 Å². The Morgan fingerprint density at radius 2 is 1.57 bits per heavy atom. The summed E-state index contributed by atoms with van der Waals surface area (Å²) in [4.78, 5) is 28.6. The van der Waals surface area contributed by atoms with Gasteiger partial charge in [0, 0.05) is 39.0 Å². The number of hydrogen-bond donors (Lipinski definition) is 0. The van der Waals surface area contributed by atoms with E-state index in [-0.39, 0.29) is 5.91 Å². The number of amides is 2. The van der Waals surface area contributed by atoms with Gasteiger partial charge < -0.3 is 9.80 Å². The largest absolute Gasteiger partial charge is 0.339 e. The highest BCUT2D eigenvalue weighted by molar-refractivity contribution is 5.78. The van der Waals surface area contributed by atoms with Crippen LogP contribution in [0.3, 0.4) is 0 Å². The van der Waals surface area contributed by atoms with Crippen molar-refractivity contribution in [2.45, 2.75) is 57.8 Å². The highest BCUT2D eigenvalue weighted by Crippen LogP contribution is 2.28. The van der Waals surface area contributed by atoms with E-state index < -0.39 is 0 Å². The van der Waals surface area contributed by atoms with Crippen molar-refractivity contribution in [3.8, 4) is 0 Å². The Morgan fingerprint density at radius 3 is 2.17 bits per heavy atom. The lowest BCUT2D eigenvalue weighted by atomic mass is 10.0. The topological polar surface area (TPSA) is 40.6 Å². The quantitative estimate of drug-likeness (QED) is 0.731. The second-order valence-electron chi connectivity index (χ2n) is 7.42. The Bertz CT molecular complexity index is 446. The van der Waals surface area contributed by atoms with Gasteiger partial charge in [-0.3, -0.25) is 9.59 Å². The highest BCUT2D eigenvalue weighted by Gasteiger charge is 2.26. The molecule has 1 unspecified atom stereocenters. The number of allylic oxidation sites excluding steroid dienone is 2. The third-order valence-corrected chi connectivity index (χ3v) is 5.78. The van der Waals surface area contributed by atoms with Gasteiger partial charge in [-0.25, -0.2) is 0 Å².